The molecule has 2 aliphatic rings. The van der Waals surface area contributed by atoms with Gasteiger partial charge in [-0.2, -0.15) is 0 Å². The third-order valence-corrected chi connectivity index (χ3v) is 2.76. The van der Waals surface area contributed by atoms with Crippen molar-refractivity contribution < 1.29 is 4.74 Å². The van der Waals surface area contributed by atoms with Crippen LogP contribution in [0, 0.1) is 0 Å². The lowest BCUT2D eigenvalue weighted by Crippen LogP contribution is -2.40. The Labute approximate surface area is 61.9 Å². The highest BCUT2D eigenvalue weighted by molar-refractivity contribution is 4.92. The zero-order valence-electron chi connectivity index (χ0n) is 6.47. The Bertz CT molecular complexity index is 114. The van der Waals surface area contributed by atoms with E-state index in [9.17, 15) is 0 Å². The average molecular weight is 141 g/mol. The minimum Gasteiger partial charge on any atom is -0.381 e. The molecule has 2 bridgehead atoms. The van der Waals surface area contributed by atoms with Gasteiger partial charge in [-0.05, 0) is 25.7 Å². The number of fused-ring (bicyclic) bond motifs is 2. The van der Waals surface area contributed by atoms with Gasteiger partial charge in [0.2, 0.25) is 0 Å². The summed E-state index contributed by atoms with van der Waals surface area (Å²) in [6.45, 7) is 0. The van der Waals surface area contributed by atoms with Gasteiger partial charge >= 0.3 is 0 Å². The molecule has 2 nitrogen and oxygen atoms in total. The van der Waals surface area contributed by atoms with Gasteiger partial charge in [0.1, 0.15) is 0 Å². The topological polar surface area (TPSA) is 21.3 Å². The second kappa shape index (κ2) is 2.51. The monoisotopic (exact) mass is 141 g/mol. The Morgan fingerprint density at radius 1 is 1.20 bits per heavy atom. The van der Waals surface area contributed by atoms with Crippen LogP contribution in [0.15, 0.2) is 0 Å². The first-order valence-corrected chi connectivity index (χ1v) is 4.17. The largest absolute Gasteiger partial charge is 0.381 e. The molecule has 2 atom stereocenters. The van der Waals surface area contributed by atoms with Crippen molar-refractivity contribution in [1.29, 1.82) is 0 Å². The first kappa shape index (κ1) is 6.62. The van der Waals surface area contributed by atoms with E-state index in [0.29, 0.717) is 6.10 Å². The van der Waals surface area contributed by atoms with Crippen LogP contribution in [-0.2, 0) is 4.74 Å². The van der Waals surface area contributed by atoms with Crippen LogP contribution in [0.25, 0.3) is 0 Å². The van der Waals surface area contributed by atoms with Crippen LogP contribution in [0.1, 0.15) is 25.7 Å². The summed E-state index contributed by atoms with van der Waals surface area (Å²) in [5.74, 6) is 0. The maximum Gasteiger partial charge on any atom is 0.0601 e. The number of piperidine rings is 1. The number of hydrogen-bond acceptors (Lipinski definition) is 2. The van der Waals surface area contributed by atoms with E-state index < -0.39 is 0 Å². The minimum absolute atomic E-state index is 0.541. The van der Waals surface area contributed by atoms with Crippen molar-refractivity contribution in [3.63, 3.8) is 0 Å². The Kier molecular flexibility index (Phi) is 1.66. The summed E-state index contributed by atoms with van der Waals surface area (Å²) < 4.78 is 5.33. The van der Waals surface area contributed by atoms with Gasteiger partial charge in [0.05, 0.1) is 6.10 Å². The highest BCUT2D eigenvalue weighted by Crippen LogP contribution is 2.27. The van der Waals surface area contributed by atoms with E-state index >= 15 is 0 Å². The normalized spacial score (nSPS) is 45.9. The molecule has 0 aromatic carbocycles. The van der Waals surface area contributed by atoms with Gasteiger partial charge < -0.3 is 10.1 Å². The van der Waals surface area contributed by atoms with Crippen molar-refractivity contribution in [1.82, 2.24) is 5.32 Å². The summed E-state index contributed by atoms with van der Waals surface area (Å²) in [6.07, 6.45) is 5.73. The van der Waals surface area contributed by atoms with Crippen molar-refractivity contribution >= 4 is 0 Å². The predicted octanol–water partition coefficient (Wildman–Crippen LogP) is 0.916. The Morgan fingerprint density at radius 2 is 1.80 bits per heavy atom. The van der Waals surface area contributed by atoms with Gasteiger partial charge in [0.25, 0.3) is 0 Å². The number of rotatable bonds is 1. The first-order chi connectivity index (χ1) is 4.88. The fourth-order valence-corrected chi connectivity index (χ4v) is 2.20. The van der Waals surface area contributed by atoms with E-state index in [1.54, 1.807) is 0 Å². The summed E-state index contributed by atoms with van der Waals surface area (Å²) in [5, 5.41) is 3.57. The summed E-state index contributed by atoms with van der Waals surface area (Å²) in [5.41, 5.74) is 0. The maximum absolute atomic E-state index is 5.33. The molecule has 0 aliphatic carbocycles. The molecule has 0 saturated carbocycles. The van der Waals surface area contributed by atoms with Crippen LogP contribution in [0.3, 0.4) is 0 Å². The third kappa shape index (κ3) is 1.06. The quantitative estimate of drug-likeness (QED) is 0.586. The van der Waals surface area contributed by atoms with Crippen molar-refractivity contribution in [2.75, 3.05) is 7.11 Å². The molecule has 2 fully saturated rings. The standard InChI is InChI=1S/C8H15NO/c1-10-8-4-6-2-3-7(5-8)9-6/h6-9H,2-5H2,1H3/t6-,7-/m0/s1. The molecular formula is C8H15NO. The molecule has 1 N–H and O–H groups in total. The van der Waals surface area contributed by atoms with Crippen molar-refractivity contribution in [2.24, 2.45) is 0 Å². The van der Waals surface area contributed by atoms with Crippen LogP contribution in [0.5, 0.6) is 0 Å². The average Bonchev–Trinajstić information content (AvgIpc) is 2.30. The van der Waals surface area contributed by atoms with E-state index in [1.807, 2.05) is 7.11 Å². The SMILES string of the molecule is COC1C[C@@H]2CC[C@@H](C1)N2. The van der Waals surface area contributed by atoms with Crippen LogP contribution < -0.4 is 5.32 Å². The molecule has 2 rings (SSSR count). The lowest BCUT2D eigenvalue weighted by atomic mass is 10.0. The molecule has 2 aliphatic heterocycles. The lowest BCUT2D eigenvalue weighted by Gasteiger charge is -2.27. The molecule has 0 spiro atoms. The van der Waals surface area contributed by atoms with Gasteiger partial charge in [-0.25, -0.2) is 0 Å². The predicted molar refractivity (Wildman–Crippen MR) is 40.0 cm³/mol. The van der Waals surface area contributed by atoms with Gasteiger partial charge in [0, 0.05) is 19.2 Å². The summed E-state index contributed by atoms with van der Waals surface area (Å²) in [6, 6.07) is 1.53. The Hall–Kier alpha value is -0.0800. The highest BCUT2D eigenvalue weighted by atomic mass is 16.5. The molecule has 0 radical (unpaired) electrons. The fraction of sp³-hybridized carbons (Fsp3) is 1.00. The number of hydrogen-bond donors (Lipinski definition) is 1. The van der Waals surface area contributed by atoms with Crippen LogP contribution in [0.4, 0.5) is 0 Å². The van der Waals surface area contributed by atoms with E-state index in [0.717, 1.165) is 12.1 Å². The smallest absolute Gasteiger partial charge is 0.0601 e. The van der Waals surface area contributed by atoms with Crippen molar-refractivity contribution in [2.45, 2.75) is 43.9 Å². The summed E-state index contributed by atoms with van der Waals surface area (Å²) in [7, 11) is 1.83. The molecule has 0 amide bonds. The van der Waals surface area contributed by atoms with Crippen LogP contribution in [0.2, 0.25) is 0 Å². The maximum atomic E-state index is 5.33. The first-order valence-electron chi connectivity index (χ1n) is 4.17. The Morgan fingerprint density at radius 3 is 2.30 bits per heavy atom. The summed E-state index contributed by atoms with van der Waals surface area (Å²) >= 11 is 0. The highest BCUT2D eigenvalue weighted by Gasteiger charge is 2.33. The second-order valence-corrected chi connectivity index (χ2v) is 3.47. The summed E-state index contributed by atoms with van der Waals surface area (Å²) in [4.78, 5) is 0. The Balaban J connectivity index is 1.96. The molecular weight excluding hydrogens is 126 g/mol. The molecule has 2 heteroatoms. The molecule has 2 heterocycles. The minimum atomic E-state index is 0.541. The lowest BCUT2D eigenvalue weighted by molar-refractivity contribution is 0.0601. The van der Waals surface area contributed by atoms with E-state index in [4.69, 9.17) is 4.74 Å². The zero-order chi connectivity index (χ0) is 6.97. The van der Waals surface area contributed by atoms with Gasteiger partial charge in [-0.15, -0.1) is 0 Å². The number of methoxy groups -OCH3 is 1. The molecule has 0 aromatic heterocycles. The third-order valence-electron chi connectivity index (χ3n) is 2.76. The van der Waals surface area contributed by atoms with E-state index in [-0.39, 0.29) is 0 Å². The van der Waals surface area contributed by atoms with E-state index in [1.165, 1.54) is 25.7 Å². The van der Waals surface area contributed by atoms with Crippen molar-refractivity contribution in [3.8, 4) is 0 Å². The van der Waals surface area contributed by atoms with Gasteiger partial charge in [0.15, 0.2) is 0 Å². The molecule has 0 aromatic rings. The molecule has 2 saturated heterocycles. The van der Waals surface area contributed by atoms with Crippen LogP contribution >= 0.6 is 0 Å². The second-order valence-electron chi connectivity index (χ2n) is 3.47. The fourth-order valence-electron chi connectivity index (χ4n) is 2.20. The number of nitrogens with one attached hydrogen (secondary N) is 1. The van der Waals surface area contributed by atoms with Crippen molar-refractivity contribution in [3.05, 3.63) is 0 Å². The van der Waals surface area contributed by atoms with E-state index in [2.05, 4.69) is 5.32 Å². The molecule has 0 unspecified atom stereocenters. The molecule has 58 valence electrons. The van der Waals surface area contributed by atoms with Gasteiger partial charge in [-0.3, -0.25) is 0 Å². The number of ether oxygens (including phenoxy) is 1. The molecule has 10 heavy (non-hydrogen) atoms. The van der Waals surface area contributed by atoms with Gasteiger partial charge in [-0.1, -0.05) is 0 Å². The van der Waals surface area contributed by atoms with Crippen LogP contribution in [-0.4, -0.2) is 25.3 Å². The zero-order valence-corrected chi connectivity index (χ0v) is 6.47.